The van der Waals surface area contributed by atoms with Crippen LogP contribution in [0.25, 0.3) is 6.08 Å². The Morgan fingerprint density at radius 3 is 2.17 bits per heavy atom. The monoisotopic (exact) mass is 539 g/mol. The molecule has 5 nitrogen and oxygen atoms in total. The minimum absolute atomic E-state index is 0.134. The minimum atomic E-state index is -1.55. The molecule has 41 heavy (non-hydrogen) atoms. The third-order valence-corrected chi connectivity index (χ3v) is 8.87. The number of carbonyl (C=O) groups is 3. The van der Waals surface area contributed by atoms with Crippen LogP contribution in [0.1, 0.15) is 60.6 Å². The fourth-order valence-electron chi connectivity index (χ4n) is 7.17. The first-order chi connectivity index (χ1) is 20.0. The predicted octanol–water partition coefficient (Wildman–Crippen LogP) is 6.71. The fraction of sp³-hybridized carbons (Fsp3) is 0.194. The lowest BCUT2D eigenvalue weighted by atomic mass is 9.64. The van der Waals surface area contributed by atoms with Gasteiger partial charge in [-0.15, -0.1) is 0 Å². The molecule has 0 bridgehead atoms. The Morgan fingerprint density at radius 1 is 0.829 bits per heavy atom. The number of fused-ring (bicyclic) bond motifs is 5. The number of benzene rings is 4. The molecule has 7 rings (SSSR count). The molecule has 2 heterocycles. The highest BCUT2D eigenvalue weighted by molar-refractivity contribution is 6.32. The topological polar surface area (TPSA) is 63.7 Å². The van der Waals surface area contributed by atoms with Gasteiger partial charge in [-0.25, -0.2) is 0 Å². The maximum atomic E-state index is 14.8. The van der Waals surface area contributed by atoms with Crippen molar-refractivity contribution < 1.29 is 19.1 Å². The molecule has 1 saturated heterocycles. The van der Waals surface area contributed by atoms with Gasteiger partial charge in [0, 0.05) is 33.9 Å². The number of hydrogen-bond donors (Lipinski definition) is 0. The zero-order valence-corrected chi connectivity index (χ0v) is 22.9. The van der Waals surface area contributed by atoms with E-state index >= 15 is 0 Å². The van der Waals surface area contributed by atoms with E-state index in [-0.39, 0.29) is 17.3 Å². The molecule has 0 aromatic heterocycles. The second kappa shape index (κ2) is 9.41. The molecule has 0 amide bonds. The van der Waals surface area contributed by atoms with Crippen LogP contribution in [0.5, 0.6) is 5.75 Å². The van der Waals surface area contributed by atoms with Crippen molar-refractivity contribution in [2.75, 3.05) is 11.5 Å². The summed E-state index contributed by atoms with van der Waals surface area (Å²) in [5.74, 6) is -0.841. The summed E-state index contributed by atoms with van der Waals surface area (Å²) in [7, 11) is 0. The van der Waals surface area contributed by atoms with Crippen molar-refractivity contribution in [3.05, 3.63) is 137 Å². The molecular weight excluding hydrogens is 510 g/mol. The highest BCUT2D eigenvalue weighted by Gasteiger charge is 2.71. The second-order valence-corrected chi connectivity index (χ2v) is 11.0. The van der Waals surface area contributed by atoms with E-state index < -0.39 is 23.4 Å². The van der Waals surface area contributed by atoms with Crippen LogP contribution in [0.4, 0.5) is 5.69 Å². The van der Waals surface area contributed by atoms with Gasteiger partial charge < -0.3 is 9.64 Å². The number of hydrogen-bond acceptors (Lipinski definition) is 5. The van der Waals surface area contributed by atoms with Crippen LogP contribution in [-0.4, -0.2) is 36.0 Å². The third-order valence-electron chi connectivity index (χ3n) is 8.87. The molecule has 1 fully saturated rings. The molecule has 3 atom stereocenters. The van der Waals surface area contributed by atoms with Crippen molar-refractivity contribution in [2.45, 2.75) is 31.8 Å². The summed E-state index contributed by atoms with van der Waals surface area (Å²) >= 11 is 0. The number of anilines is 1. The number of carbonyl (C=O) groups excluding carboxylic acids is 3. The van der Waals surface area contributed by atoms with Crippen molar-refractivity contribution in [1.82, 2.24) is 0 Å². The molecule has 1 spiro atoms. The Kier molecular flexibility index (Phi) is 5.79. The maximum Gasteiger partial charge on any atom is 0.185 e. The molecule has 3 aliphatic rings. The molecule has 1 aliphatic carbocycles. The van der Waals surface area contributed by atoms with Crippen LogP contribution in [-0.2, 0) is 0 Å². The molecule has 0 N–H and O–H groups in total. The molecule has 4 aromatic rings. The fourth-order valence-corrected chi connectivity index (χ4v) is 7.17. The van der Waals surface area contributed by atoms with E-state index in [1.54, 1.807) is 24.3 Å². The van der Waals surface area contributed by atoms with Crippen molar-refractivity contribution in [1.29, 1.82) is 0 Å². The van der Waals surface area contributed by atoms with Gasteiger partial charge in [-0.05, 0) is 31.5 Å². The maximum absolute atomic E-state index is 14.8. The zero-order chi connectivity index (χ0) is 28.3. The van der Waals surface area contributed by atoms with Gasteiger partial charge in [-0.3, -0.25) is 14.4 Å². The molecular formula is C36H29NO4. The summed E-state index contributed by atoms with van der Waals surface area (Å²) in [6.07, 6.45) is 3.93. The lowest BCUT2D eigenvalue weighted by Crippen LogP contribution is -2.48. The van der Waals surface area contributed by atoms with Gasteiger partial charge >= 0.3 is 0 Å². The highest BCUT2D eigenvalue weighted by atomic mass is 16.5. The predicted molar refractivity (Wildman–Crippen MR) is 159 cm³/mol. The van der Waals surface area contributed by atoms with Gasteiger partial charge in [0.1, 0.15) is 17.2 Å². The van der Waals surface area contributed by atoms with E-state index in [2.05, 4.69) is 0 Å². The summed E-state index contributed by atoms with van der Waals surface area (Å²) in [4.78, 5) is 46.3. The van der Waals surface area contributed by atoms with Crippen molar-refractivity contribution >= 4 is 29.1 Å². The van der Waals surface area contributed by atoms with Gasteiger partial charge in [0.2, 0.25) is 0 Å². The Labute approximate surface area is 239 Å². The summed E-state index contributed by atoms with van der Waals surface area (Å²) in [6.45, 7) is 4.29. The van der Waals surface area contributed by atoms with E-state index in [4.69, 9.17) is 4.74 Å². The first kappa shape index (κ1) is 25.2. The molecule has 202 valence electrons. The van der Waals surface area contributed by atoms with Crippen LogP contribution < -0.4 is 9.64 Å². The van der Waals surface area contributed by atoms with Crippen LogP contribution >= 0.6 is 0 Å². The number of ketones is 3. The standard InChI is InChI=1S/C36H29NO4/c1-3-41-29-15-9-7-13-27(29)31-32(33(38)24-18-16-22(2)17-19-24)37-28-14-8-4-10-23(28)20-21-30(37)36(31)34(39)25-11-5-6-12-26(25)35(36)40/h4-21,30-32H,3H2,1-2H3/t30-,31+,32+/m0/s1. The second-order valence-electron chi connectivity index (χ2n) is 11.0. The number of nitrogens with zero attached hydrogens (tertiary/aromatic N) is 1. The number of ether oxygens (including phenoxy) is 1. The highest BCUT2D eigenvalue weighted by Crippen LogP contribution is 2.61. The smallest absolute Gasteiger partial charge is 0.185 e. The van der Waals surface area contributed by atoms with Crippen molar-refractivity contribution in [3.8, 4) is 5.75 Å². The minimum Gasteiger partial charge on any atom is -0.494 e. The quantitative estimate of drug-likeness (QED) is 0.208. The molecule has 5 heteroatoms. The largest absolute Gasteiger partial charge is 0.494 e. The summed E-state index contributed by atoms with van der Waals surface area (Å²) < 4.78 is 6.10. The van der Waals surface area contributed by atoms with E-state index in [0.29, 0.717) is 34.6 Å². The normalized spacial score (nSPS) is 21.5. The molecule has 4 aromatic carbocycles. The lowest BCUT2D eigenvalue weighted by Gasteiger charge is -2.37. The van der Waals surface area contributed by atoms with Crippen molar-refractivity contribution in [2.24, 2.45) is 5.41 Å². The summed E-state index contributed by atoms with van der Waals surface area (Å²) in [5, 5.41) is 0. The van der Waals surface area contributed by atoms with Crippen LogP contribution in [0.15, 0.2) is 103 Å². The first-order valence-corrected chi connectivity index (χ1v) is 14.0. The lowest BCUT2D eigenvalue weighted by molar-refractivity contribution is 0.0664. The SMILES string of the molecule is CCOc1ccccc1[C@@H]1[C@H](C(=O)c2ccc(C)cc2)N2c3ccccc3C=C[C@H]2C12C(=O)c1ccccc1C2=O. The van der Waals surface area contributed by atoms with E-state index in [1.165, 1.54) is 0 Å². The average molecular weight is 540 g/mol. The van der Waals surface area contributed by atoms with Gasteiger partial charge in [0.05, 0.1) is 12.6 Å². The van der Waals surface area contributed by atoms with Crippen LogP contribution in [0.3, 0.4) is 0 Å². The number of Topliss-reactive ketones (excluding diaryl/α,β-unsaturated/α-hetero) is 3. The first-order valence-electron chi connectivity index (χ1n) is 14.0. The van der Waals surface area contributed by atoms with Crippen molar-refractivity contribution in [3.63, 3.8) is 0 Å². The summed E-state index contributed by atoms with van der Waals surface area (Å²) in [5.41, 5.74) is 3.31. The third kappa shape index (κ3) is 3.45. The number of aryl methyl sites for hydroxylation is 1. The Morgan fingerprint density at radius 2 is 1.46 bits per heavy atom. The van der Waals surface area contributed by atoms with Crippen LogP contribution in [0, 0.1) is 12.3 Å². The molecule has 2 aliphatic heterocycles. The van der Waals surface area contributed by atoms with Gasteiger partial charge in [-0.2, -0.15) is 0 Å². The van der Waals surface area contributed by atoms with E-state index in [0.717, 1.165) is 16.8 Å². The van der Waals surface area contributed by atoms with E-state index in [9.17, 15) is 14.4 Å². The average Bonchev–Trinajstić information content (AvgIpc) is 3.44. The van der Waals surface area contributed by atoms with Gasteiger partial charge in [-0.1, -0.05) is 103 Å². The van der Waals surface area contributed by atoms with E-state index in [1.807, 2.05) is 104 Å². The number of rotatable bonds is 5. The Bertz CT molecular complexity index is 1720. The van der Waals surface area contributed by atoms with Crippen LogP contribution in [0.2, 0.25) is 0 Å². The zero-order valence-electron chi connectivity index (χ0n) is 22.9. The Hall–Kier alpha value is -4.77. The molecule has 0 unspecified atom stereocenters. The molecule has 0 radical (unpaired) electrons. The molecule has 0 saturated carbocycles. The number of para-hydroxylation sites is 2. The van der Waals surface area contributed by atoms with Gasteiger partial charge in [0.15, 0.2) is 17.3 Å². The van der Waals surface area contributed by atoms with Gasteiger partial charge in [0.25, 0.3) is 0 Å². The summed E-state index contributed by atoms with van der Waals surface area (Å²) in [6, 6.07) is 28.5. The Balaban J connectivity index is 1.56.